The van der Waals surface area contributed by atoms with Gasteiger partial charge in [0.25, 0.3) is 0 Å². The normalized spacial score (nSPS) is 11.6. The number of nitrogens with one attached hydrogen (secondary N) is 2. The van der Waals surface area contributed by atoms with Gasteiger partial charge in [0.2, 0.25) is 0 Å². The lowest BCUT2D eigenvalue weighted by Crippen LogP contribution is -2.46. The van der Waals surface area contributed by atoms with Crippen LogP contribution in [0.5, 0.6) is 0 Å². The SMILES string of the molecule is O=C(O)CC(NC(=O)NCc1sccc1Br)C(=O)O. The second-order valence-corrected chi connectivity index (χ2v) is 5.36. The van der Waals surface area contributed by atoms with Crippen LogP contribution >= 0.6 is 27.3 Å². The number of carbonyl (C=O) groups excluding carboxylic acids is 1. The largest absolute Gasteiger partial charge is 0.481 e. The zero-order valence-corrected chi connectivity index (χ0v) is 12.0. The molecule has 1 heterocycles. The summed E-state index contributed by atoms with van der Waals surface area (Å²) in [6.07, 6.45) is -0.675. The van der Waals surface area contributed by atoms with Crippen molar-refractivity contribution in [1.29, 1.82) is 0 Å². The zero-order chi connectivity index (χ0) is 14.4. The van der Waals surface area contributed by atoms with E-state index >= 15 is 0 Å². The molecular weight excluding hydrogens is 340 g/mol. The highest BCUT2D eigenvalue weighted by molar-refractivity contribution is 9.10. The third-order valence-electron chi connectivity index (χ3n) is 2.08. The molecule has 1 aromatic rings. The molecule has 1 atom stereocenters. The van der Waals surface area contributed by atoms with Crippen LogP contribution in [0.4, 0.5) is 4.79 Å². The van der Waals surface area contributed by atoms with Gasteiger partial charge in [0.05, 0.1) is 13.0 Å². The number of halogens is 1. The van der Waals surface area contributed by atoms with Crippen molar-refractivity contribution in [1.82, 2.24) is 10.6 Å². The molecule has 0 aliphatic heterocycles. The summed E-state index contributed by atoms with van der Waals surface area (Å²) in [6, 6.07) is -0.359. The predicted octanol–water partition coefficient (Wildman–Crippen LogP) is 1.24. The Kier molecular flexibility index (Phi) is 5.77. The minimum atomic E-state index is -1.45. The van der Waals surface area contributed by atoms with E-state index in [1.165, 1.54) is 11.3 Å². The molecule has 0 aromatic carbocycles. The summed E-state index contributed by atoms with van der Waals surface area (Å²) in [7, 11) is 0. The number of carboxylic acids is 2. The Balaban J connectivity index is 2.47. The van der Waals surface area contributed by atoms with Crippen molar-refractivity contribution in [2.75, 3.05) is 0 Å². The molecule has 1 unspecified atom stereocenters. The van der Waals surface area contributed by atoms with Crippen LogP contribution in [-0.4, -0.2) is 34.2 Å². The molecule has 0 spiro atoms. The molecule has 0 aliphatic carbocycles. The van der Waals surface area contributed by atoms with Gasteiger partial charge in [-0.25, -0.2) is 9.59 Å². The fraction of sp³-hybridized carbons (Fsp3) is 0.300. The molecule has 7 nitrogen and oxygen atoms in total. The molecule has 0 saturated carbocycles. The molecule has 1 rings (SSSR count). The smallest absolute Gasteiger partial charge is 0.326 e. The van der Waals surface area contributed by atoms with E-state index in [2.05, 4.69) is 26.6 Å². The Labute approximate surface area is 120 Å². The van der Waals surface area contributed by atoms with Crippen molar-refractivity contribution < 1.29 is 24.6 Å². The second kappa shape index (κ2) is 7.10. The average Bonchev–Trinajstić information content (AvgIpc) is 2.70. The van der Waals surface area contributed by atoms with Crippen molar-refractivity contribution in [2.24, 2.45) is 0 Å². The first-order valence-electron chi connectivity index (χ1n) is 5.11. The lowest BCUT2D eigenvalue weighted by Gasteiger charge is -2.13. The van der Waals surface area contributed by atoms with Gasteiger partial charge in [-0.15, -0.1) is 11.3 Å². The van der Waals surface area contributed by atoms with Crippen LogP contribution in [0.25, 0.3) is 0 Å². The maximum atomic E-state index is 11.5. The number of aliphatic carboxylic acids is 2. The molecule has 0 saturated heterocycles. The van der Waals surface area contributed by atoms with Crippen molar-refractivity contribution in [3.05, 3.63) is 20.8 Å². The molecule has 1 aromatic heterocycles. The highest BCUT2D eigenvalue weighted by atomic mass is 79.9. The van der Waals surface area contributed by atoms with Crippen LogP contribution in [0.15, 0.2) is 15.9 Å². The predicted molar refractivity (Wildman–Crippen MR) is 71.1 cm³/mol. The standard InChI is InChI=1S/C10H11BrN2O5S/c11-5-1-2-19-7(5)4-12-10(18)13-6(9(16)17)3-8(14)15/h1-2,6H,3-4H2,(H,14,15)(H,16,17)(H2,12,13,18). The van der Waals surface area contributed by atoms with Gasteiger partial charge < -0.3 is 20.8 Å². The van der Waals surface area contributed by atoms with Gasteiger partial charge in [0, 0.05) is 9.35 Å². The molecule has 0 radical (unpaired) electrons. The van der Waals surface area contributed by atoms with Crippen LogP contribution in [0.1, 0.15) is 11.3 Å². The molecule has 0 fully saturated rings. The molecule has 9 heteroatoms. The summed E-state index contributed by atoms with van der Waals surface area (Å²) in [5.41, 5.74) is 0. The van der Waals surface area contributed by atoms with Gasteiger partial charge in [-0.05, 0) is 27.4 Å². The average molecular weight is 351 g/mol. The van der Waals surface area contributed by atoms with E-state index in [-0.39, 0.29) is 6.54 Å². The van der Waals surface area contributed by atoms with Crippen LogP contribution in [0.3, 0.4) is 0 Å². The molecule has 2 amide bonds. The van der Waals surface area contributed by atoms with E-state index in [0.717, 1.165) is 9.35 Å². The topological polar surface area (TPSA) is 116 Å². The third-order valence-corrected chi connectivity index (χ3v) is 4.01. The number of thiophene rings is 1. The number of hydrogen-bond acceptors (Lipinski definition) is 4. The van der Waals surface area contributed by atoms with Crippen molar-refractivity contribution in [3.63, 3.8) is 0 Å². The Morgan fingerprint density at radius 1 is 1.37 bits per heavy atom. The highest BCUT2D eigenvalue weighted by Gasteiger charge is 2.22. The van der Waals surface area contributed by atoms with Gasteiger partial charge in [0.15, 0.2) is 0 Å². The zero-order valence-electron chi connectivity index (χ0n) is 9.55. The van der Waals surface area contributed by atoms with Gasteiger partial charge in [-0.3, -0.25) is 4.79 Å². The fourth-order valence-corrected chi connectivity index (χ4v) is 2.63. The summed E-state index contributed by atoms with van der Waals surface area (Å²) in [6.45, 7) is 0.226. The second-order valence-electron chi connectivity index (χ2n) is 3.51. The first kappa shape index (κ1) is 15.4. The van der Waals surface area contributed by atoms with Gasteiger partial charge in [-0.1, -0.05) is 0 Å². The van der Waals surface area contributed by atoms with E-state index in [4.69, 9.17) is 10.2 Å². The van der Waals surface area contributed by atoms with Crippen LogP contribution in [-0.2, 0) is 16.1 Å². The van der Waals surface area contributed by atoms with Crippen LogP contribution in [0.2, 0.25) is 0 Å². The van der Waals surface area contributed by atoms with E-state index in [1.54, 1.807) is 0 Å². The molecule has 4 N–H and O–H groups in total. The summed E-state index contributed by atoms with van der Waals surface area (Å²) in [5.74, 6) is -2.69. The Hall–Kier alpha value is -1.61. The third kappa shape index (κ3) is 5.26. The minimum absolute atomic E-state index is 0.226. The first-order valence-corrected chi connectivity index (χ1v) is 6.78. The quantitative estimate of drug-likeness (QED) is 0.615. The van der Waals surface area contributed by atoms with Crippen LogP contribution < -0.4 is 10.6 Å². The van der Waals surface area contributed by atoms with E-state index < -0.39 is 30.4 Å². The Morgan fingerprint density at radius 3 is 2.53 bits per heavy atom. The molecular formula is C10H11BrN2O5S. The van der Waals surface area contributed by atoms with Gasteiger partial charge in [0.1, 0.15) is 6.04 Å². The lowest BCUT2D eigenvalue weighted by molar-refractivity contribution is -0.145. The molecule has 104 valence electrons. The van der Waals surface area contributed by atoms with Gasteiger partial charge in [-0.2, -0.15) is 0 Å². The molecule has 19 heavy (non-hydrogen) atoms. The maximum absolute atomic E-state index is 11.5. The molecule has 0 aliphatic rings. The lowest BCUT2D eigenvalue weighted by atomic mass is 10.2. The number of amides is 2. The Morgan fingerprint density at radius 2 is 2.05 bits per heavy atom. The monoisotopic (exact) mass is 350 g/mol. The summed E-state index contributed by atoms with van der Waals surface area (Å²) < 4.78 is 0.845. The number of carbonyl (C=O) groups is 3. The highest BCUT2D eigenvalue weighted by Crippen LogP contribution is 2.21. The van der Waals surface area contributed by atoms with E-state index in [9.17, 15) is 14.4 Å². The van der Waals surface area contributed by atoms with Crippen molar-refractivity contribution in [2.45, 2.75) is 19.0 Å². The molecule has 0 bridgehead atoms. The number of rotatable bonds is 6. The van der Waals surface area contributed by atoms with Crippen molar-refractivity contribution >= 4 is 45.2 Å². The number of hydrogen-bond donors (Lipinski definition) is 4. The van der Waals surface area contributed by atoms with Crippen LogP contribution in [0, 0.1) is 0 Å². The number of carboxylic acid groups (broad SMARTS) is 2. The number of urea groups is 1. The maximum Gasteiger partial charge on any atom is 0.326 e. The minimum Gasteiger partial charge on any atom is -0.481 e. The fourth-order valence-electron chi connectivity index (χ4n) is 1.20. The van der Waals surface area contributed by atoms with Gasteiger partial charge >= 0.3 is 18.0 Å². The Bertz CT molecular complexity index is 490. The first-order chi connectivity index (χ1) is 8.90. The summed E-state index contributed by atoms with van der Waals surface area (Å²) in [5, 5.41) is 23.7. The van der Waals surface area contributed by atoms with Crippen molar-refractivity contribution in [3.8, 4) is 0 Å². The summed E-state index contributed by atoms with van der Waals surface area (Å²) in [4.78, 5) is 33.5. The summed E-state index contributed by atoms with van der Waals surface area (Å²) >= 11 is 4.72. The van der Waals surface area contributed by atoms with E-state index in [1.807, 2.05) is 11.4 Å². The van der Waals surface area contributed by atoms with E-state index in [0.29, 0.717) is 0 Å².